The lowest BCUT2D eigenvalue weighted by molar-refractivity contribution is 0.445. The highest BCUT2D eigenvalue weighted by atomic mass is 32.1. The number of thiol groups is 1. The van der Waals surface area contributed by atoms with Crippen molar-refractivity contribution in [3.8, 4) is 11.1 Å². The van der Waals surface area contributed by atoms with Gasteiger partial charge in [-0.3, -0.25) is 5.10 Å². The Morgan fingerprint density at radius 1 is 1.39 bits per heavy atom. The standard InChI is InChI=1S/C17H23N5.C7H11FS/c1-17(2)6-12(9-20-17)8-19-16-4-3-13(5-14(16)7-18)15-10-21-22-11-15;1-3-5-7(9)6(8)4-2/h3-5,7,10-12,18-20H,6,8-9H2,1-2H3,(H,21,22);3,5,9H,4H2,1-2H3/b;5-3-,7-6-. The van der Waals surface area contributed by atoms with Crippen LogP contribution in [0.2, 0.25) is 0 Å². The Morgan fingerprint density at radius 3 is 2.71 bits per heavy atom. The van der Waals surface area contributed by atoms with Gasteiger partial charge in [-0.15, -0.1) is 12.6 Å². The van der Waals surface area contributed by atoms with Crippen LogP contribution >= 0.6 is 12.6 Å². The van der Waals surface area contributed by atoms with Crippen LogP contribution in [-0.2, 0) is 0 Å². The molecule has 2 aromatic rings. The molecule has 1 atom stereocenters. The lowest BCUT2D eigenvalue weighted by Crippen LogP contribution is -2.31. The van der Waals surface area contributed by atoms with Gasteiger partial charge in [0.15, 0.2) is 0 Å². The van der Waals surface area contributed by atoms with Crippen LogP contribution in [-0.4, -0.2) is 35.0 Å². The van der Waals surface area contributed by atoms with Crippen molar-refractivity contribution in [2.45, 2.75) is 46.1 Å². The molecule has 5 nitrogen and oxygen atoms in total. The van der Waals surface area contributed by atoms with Gasteiger partial charge in [-0.25, -0.2) is 4.39 Å². The predicted octanol–water partition coefficient (Wildman–Crippen LogP) is 5.96. The summed E-state index contributed by atoms with van der Waals surface area (Å²) in [6, 6.07) is 6.14. The topological polar surface area (TPSA) is 76.6 Å². The quantitative estimate of drug-likeness (QED) is 0.208. The highest BCUT2D eigenvalue weighted by molar-refractivity contribution is 7.84. The first-order valence-electron chi connectivity index (χ1n) is 10.6. The van der Waals surface area contributed by atoms with Gasteiger partial charge in [0.25, 0.3) is 0 Å². The van der Waals surface area contributed by atoms with Gasteiger partial charge in [-0.1, -0.05) is 25.1 Å². The molecule has 2 heterocycles. The first-order valence-corrected chi connectivity index (χ1v) is 11.1. The normalized spacial score (nSPS) is 18.3. The molecule has 1 saturated heterocycles. The maximum atomic E-state index is 12.5. The molecule has 0 aliphatic carbocycles. The van der Waals surface area contributed by atoms with Crippen molar-refractivity contribution in [2.24, 2.45) is 5.92 Å². The minimum Gasteiger partial charge on any atom is -0.384 e. The van der Waals surface area contributed by atoms with Crippen LogP contribution in [0.25, 0.3) is 11.1 Å². The Kier molecular flexibility index (Phi) is 9.52. The second kappa shape index (κ2) is 11.9. The van der Waals surface area contributed by atoms with Crippen LogP contribution < -0.4 is 10.6 Å². The summed E-state index contributed by atoms with van der Waals surface area (Å²) in [5.74, 6) is 0.471. The Balaban J connectivity index is 0.000000323. The maximum Gasteiger partial charge on any atom is 0.113 e. The van der Waals surface area contributed by atoms with E-state index in [9.17, 15) is 4.39 Å². The average molecular weight is 444 g/mol. The number of nitrogens with one attached hydrogen (secondary N) is 4. The van der Waals surface area contributed by atoms with Crippen LogP contribution in [0.15, 0.2) is 53.5 Å². The van der Waals surface area contributed by atoms with Gasteiger partial charge in [0.05, 0.1) is 6.20 Å². The molecule has 1 aliphatic heterocycles. The average Bonchev–Trinajstić information content (AvgIpc) is 3.41. The van der Waals surface area contributed by atoms with Crippen molar-refractivity contribution in [1.82, 2.24) is 15.5 Å². The number of nitrogens with zero attached hydrogens (tertiary/aromatic N) is 1. The third-order valence-electron chi connectivity index (χ3n) is 5.20. The van der Waals surface area contributed by atoms with Crippen molar-refractivity contribution >= 4 is 24.5 Å². The number of halogens is 1. The van der Waals surface area contributed by atoms with Crippen molar-refractivity contribution in [2.75, 3.05) is 18.4 Å². The van der Waals surface area contributed by atoms with Crippen LogP contribution in [0.5, 0.6) is 0 Å². The fraction of sp³-hybridized carbons (Fsp3) is 0.417. The van der Waals surface area contributed by atoms with E-state index in [1.165, 1.54) is 12.6 Å². The smallest absolute Gasteiger partial charge is 0.113 e. The number of benzene rings is 1. The lowest BCUT2D eigenvalue weighted by Gasteiger charge is -2.18. The zero-order valence-corrected chi connectivity index (χ0v) is 19.7. The van der Waals surface area contributed by atoms with E-state index in [1.807, 2.05) is 19.2 Å². The van der Waals surface area contributed by atoms with E-state index >= 15 is 0 Å². The summed E-state index contributed by atoms with van der Waals surface area (Å²) in [7, 11) is 0. The van der Waals surface area contributed by atoms with E-state index in [4.69, 9.17) is 5.41 Å². The van der Waals surface area contributed by atoms with Crippen LogP contribution in [0, 0.1) is 11.3 Å². The van der Waals surface area contributed by atoms with Gasteiger partial charge >= 0.3 is 0 Å². The molecule has 3 rings (SSSR count). The van der Waals surface area contributed by atoms with Gasteiger partial charge in [0.2, 0.25) is 0 Å². The number of hydrogen-bond donors (Lipinski definition) is 5. The molecule has 7 heteroatoms. The summed E-state index contributed by atoms with van der Waals surface area (Å²) in [5.41, 5.74) is 4.27. The fourth-order valence-corrected chi connectivity index (χ4v) is 3.85. The lowest BCUT2D eigenvalue weighted by atomic mass is 9.97. The van der Waals surface area contributed by atoms with Gasteiger partial charge in [-0.05, 0) is 57.2 Å². The predicted molar refractivity (Wildman–Crippen MR) is 133 cm³/mol. The van der Waals surface area contributed by atoms with Crippen molar-refractivity contribution < 1.29 is 4.39 Å². The molecule has 31 heavy (non-hydrogen) atoms. The zero-order valence-electron chi connectivity index (χ0n) is 18.8. The largest absolute Gasteiger partial charge is 0.384 e. The summed E-state index contributed by atoms with van der Waals surface area (Å²) in [6.07, 6.45) is 10.1. The second-order valence-electron chi connectivity index (χ2n) is 8.29. The van der Waals surface area contributed by atoms with Crippen molar-refractivity contribution in [1.29, 1.82) is 5.41 Å². The molecule has 1 fully saturated rings. The molecular weight excluding hydrogens is 409 g/mol. The molecule has 1 aromatic heterocycles. The van der Waals surface area contributed by atoms with E-state index in [0.29, 0.717) is 17.2 Å². The number of aromatic nitrogens is 2. The number of hydrogen-bond acceptors (Lipinski definition) is 5. The zero-order chi connectivity index (χ0) is 22.9. The summed E-state index contributed by atoms with van der Waals surface area (Å²) in [4.78, 5) is 0.431. The molecule has 0 saturated carbocycles. The molecule has 0 spiro atoms. The van der Waals surface area contributed by atoms with Crippen LogP contribution in [0.4, 0.5) is 10.1 Å². The first kappa shape index (κ1) is 24.9. The molecule has 0 radical (unpaired) electrons. The molecular formula is C24H34FN5S. The number of anilines is 1. The van der Waals surface area contributed by atoms with E-state index in [2.05, 4.69) is 59.4 Å². The fourth-order valence-electron chi connectivity index (χ4n) is 3.55. The van der Waals surface area contributed by atoms with E-state index in [0.717, 1.165) is 35.5 Å². The van der Waals surface area contributed by atoms with E-state index in [-0.39, 0.29) is 11.4 Å². The molecule has 0 amide bonds. The van der Waals surface area contributed by atoms with Crippen molar-refractivity contribution in [3.63, 3.8) is 0 Å². The minimum atomic E-state index is -0.156. The molecule has 168 valence electrons. The summed E-state index contributed by atoms with van der Waals surface area (Å²) >= 11 is 3.90. The van der Waals surface area contributed by atoms with Gasteiger partial charge in [0, 0.05) is 52.8 Å². The highest BCUT2D eigenvalue weighted by Gasteiger charge is 2.29. The van der Waals surface area contributed by atoms with Crippen LogP contribution in [0.1, 0.15) is 46.1 Å². The summed E-state index contributed by atoms with van der Waals surface area (Å²) in [5, 5.41) is 21.5. The van der Waals surface area contributed by atoms with Crippen LogP contribution in [0.3, 0.4) is 0 Å². The molecule has 4 N–H and O–H groups in total. The third-order valence-corrected chi connectivity index (χ3v) is 5.59. The second-order valence-corrected chi connectivity index (χ2v) is 8.77. The SMILES string of the molecule is C/C=C\C(S)=C(\F)CC.CC1(C)CC(CNc2ccc(-c3cn[nH]c3)cc2C=N)CN1. The van der Waals surface area contributed by atoms with Gasteiger partial charge < -0.3 is 16.0 Å². The number of aromatic amines is 1. The minimum absolute atomic E-state index is 0.156. The van der Waals surface area contributed by atoms with E-state index in [1.54, 1.807) is 25.3 Å². The van der Waals surface area contributed by atoms with Crippen molar-refractivity contribution in [3.05, 3.63) is 59.0 Å². The Bertz CT molecular complexity index is 903. The number of rotatable bonds is 7. The Hall–Kier alpha value is -2.38. The Labute approximate surface area is 190 Å². The summed E-state index contributed by atoms with van der Waals surface area (Å²) in [6.45, 7) is 10.1. The van der Waals surface area contributed by atoms with Gasteiger partial charge in [-0.2, -0.15) is 5.10 Å². The molecule has 1 aromatic carbocycles. The van der Waals surface area contributed by atoms with Gasteiger partial charge in [0.1, 0.15) is 5.83 Å². The third kappa shape index (κ3) is 7.67. The summed E-state index contributed by atoms with van der Waals surface area (Å²) < 4.78 is 12.5. The highest BCUT2D eigenvalue weighted by Crippen LogP contribution is 2.26. The van der Waals surface area contributed by atoms with E-state index < -0.39 is 0 Å². The Morgan fingerprint density at radius 2 is 2.16 bits per heavy atom. The molecule has 1 unspecified atom stereocenters. The molecule has 0 bridgehead atoms. The molecule has 1 aliphatic rings. The monoisotopic (exact) mass is 443 g/mol. The number of H-pyrrole nitrogens is 1. The maximum absolute atomic E-state index is 12.5. The first-order chi connectivity index (χ1) is 14.8. The number of allylic oxidation sites excluding steroid dienone is 3.